The largest absolute Gasteiger partial charge is 0.455 e. The second-order valence-corrected chi connectivity index (χ2v) is 13.5. The van der Waals surface area contributed by atoms with Gasteiger partial charge in [0, 0.05) is 5.57 Å². The number of carbonyl (C=O) groups excluding carboxylic acids is 1. The van der Waals surface area contributed by atoms with Gasteiger partial charge in [-0.3, -0.25) is 0 Å². The lowest BCUT2D eigenvalue weighted by Gasteiger charge is -2.22. The van der Waals surface area contributed by atoms with Crippen molar-refractivity contribution in [1.29, 1.82) is 0 Å². The predicted octanol–water partition coefficient (Wildman–Crippen LogP) is 9.90. The summed E-state index contributed by atoms with van der Waals surface area (Å²) in [5, 5.41) is 21.3. The van der Waals surface area contributed by atoms with Gasteiger partial charge in [-0.05, 0) is 51.5 Å². The van der Waals surface area contributed by atoms with Crippen molar-refractivity contribution in [3.05, 3.63) is 11.6 Å². The Morgan fingerprint density at radius 2 is 1.02 bits per heavy atom. The third kappa shape index (κ3) is 17.4. The van der Waals surface area contributed by atoms with Gasteiger partial charge in [-0.25, -0.2) is 4.79 Å². The van der Waals surface area contributed by atoms with E-state index in [4.69, 9.17) is 9.47 Å². The average molecular weight is 593 g/mol. The smallest absolute Gasteiger partial charge is 0.334 e. The number of esters is 1. The lowest BCUT2D eigenvalue weighted by molar-refractivity contribution is -0.139. The highest BCUT2D eigenvalue weighted by atomic mass is 16.5. The van der Waals surface area contributed by atoms with Crippen molar-refractivity contribution < 1.29 is 24.5 Å². The number of aliphatic hydroxyl groups excluding tert-OH is 2. The number of ether oxygens (including phenoxy) is 2. The first-order valence-electron chi connectivity index (χ1n) is 18.4. The second kappa shape index (κ2) is 24.4. The topological polar surface area (TPSA) is 76.0 Å². The highest BCUT2D eigenvalue weighted by Crippen LogP contribution is 2.28. The standard InChI is InChI=1S/C37H68O5/c1-3-4-5-6-7-8-9-10-14-17-20-23-26-33(38)35-28-29-36(42-35)34(39)27-24-21-18-15-12-11-13-16-19-22-25-32-30-31(2)41-37(32)40/h30-31,33-36,38-39H,3-29H2,1-2H3/t31-,33+,34-,35-,36+/m1/s1. The Bertz CT molecular complexity index is 692. The molecule has 5 nitrogen and oxygen atoms in total. The monoisotopic (exact) mass is 593 g/mol. The molecule has 0 radical (unpaired) electrons. The van der Waals surface area contributed by atoms with Gasteiger partial charge < -0.3 is 19.7 Å². The first-order chi connectivity index (χ1) is 20.5. The van der Waals surface area contributed by atoms with Crippen LogP contribution in [0.15, 0.2) is 11.6 Å². The molecule has 2 N–H and O–H groups in total. The summed E-state index contributed by atoms with van der Waals surface area (Å²) in [6.07, 6.45) is 33.4. The van der Waals surface area contributed by atoms with Crippen LogP contribution in [-0.4, -0.2) is 46.7 Å². The van der Waals surface area contributed by atoms with Gasteiger partial charge in [-0.1, -0.05) is 142 Å². The quantitative estimate of drug-likeness (QED) is 0.0698. The van der Waals surface area contributed by atoms with E-state index in [2.05, 4.69) is 6.92 Å². The fourth-order valence-electron chi connectivity index (χ4n) is 6.72. The predicted molar refractivity (Wildman–Crippen MR) is 175 cm³/mol. The molecule has 0 amide bonds. The fraction of sp³-hybridized carbons (Fsp3) is 0.919. The number of hydrogen-bond acceptors (Lipinski definition) is 5. The van der Waals surface area contributed by atoms with Gasteiger partial charge in [0.15, 0.2) is 0 Å². The summed E-state index contributed by atoms with van der Waals surface area (Å²) >= 11 is 0. The molecule has 0 aromatic heterocycles. The van der Waals surface area contributed by atoms with Crippen LogP contribution in [-0.2, 0) is 14.3 Å². The van der Waals surface area contributed by atoms with Crippen LogP contribution < -0.4 is 0 Å². The number of carbonyl (C=O) groups is 1. The van der Waals surface area contributed by atoms with Crippen LogP contribution in [0.2, 0.25) is 0 Å². The van der Waals surface area contributed by atoms with E-state index in [9.17, 15) is 15.0 Å². The zero-order chi connectivity index (χ0) is 30.3. The third-order valence-electron chi connectivity index (χ3n) is 9.48. The summed E-state index contributed by atoms with van der Waals surface area (Å²) in [6, 6.07) is 0. The van der Waals surface area contributed by atoms with Crippen LogP contribution >= 0.6 is 0 Å². The molecule has 1 saturated heterocycles. The van der Waals surface area contributed by atoms with Gasteiger partial charge in [0.1, 0.15) is 6.10 Å². The molecule has 5 heteroatoms. The summed E-state index contributed by atoms with van der Waals surface area (Å²) in [7, 11) is 0. The molecule has 2 heterocycles. The van der Waals surface area contributed by atoms with Gasteiger partial charge in [0.2, 0.25) is 0 Å². The second-order valence-electron chi connectivity index (χ2n) is 13.5. The minimum Gasteiger partial charge on any atom is -0.455 e. The number of aliphatic hydroxyl groups is 2. The molecule has 5 atom stereocenters. The molecule has 1 fully saturated rings. The Labute approximate surface area is 259 Å². The molecule has 0 unspecified atom stereocenters. The van der Waals surface area contributed by atoms with E-state index in [1.54, 1.807) is 0 Å². The van der Waals surface area contributed by atoms with Crippen molar-refractivity contribution in [2.75, 3.05) is 0 Å². The molecule has 2 rings (SSSR count). The van der Waals surface area contributed by atoms with Crippen LogP contribution in [0.4, 0.5) is 0 Å². The van der Waals surface area contributed by atoms with Crippen molar-refractivity contribution in [1.82, 2.24) is 0 Å². The van der Waals surface area contributed by atoms with E-state index >= 15 is 0 Å². The maximum absolute atomic E-state index is 11.6. The van der Waals surface area contributed by atoms with Gasteiger partial charge in [-0.15, -0.1) is 0 Å². The van der Waals surface area contributed by atoms with Crippen LogP contribution in [0.25, 0.3) is 0 Å². The fourth-order valence-corrected chi connectivity index (χ4v) is 6.72. The molecule has 246 valence electrons. The maximum atomic E-state index is 11.6. The number of cyclic esters (lactones) is 1. The summed E-state index contributed by atoms with van der Waals surface area (Å²) in [5.74, 6) is -0.117. The van der Waals surface area contributed by atoms with Gasteiger partial charge in [0.05, 0.1) is 24.4 Å². The molecule has 0 bridgehead atoms. The maximum Gasteiger partial charge on any atom is 0.334 e. The highest BCUT2D eigenvalue weighted by Gasteiger charge is 2.34. The van der Waals surface area contributed by atoms with Crippen LogP contribution in [0.5, 0.6) is 0 Å². The van der Waals surface area contributed by atoms with Crippen LogP contribution in [0.1, 0.15) is 187 Å². The Balaban J connectivity index is 1.33. The van der Waals surface area contributed by atoms with Crippen molar-refractivity contribution in [2.45, 2.75) is 218 Å². The molecular formula is C37H68O5. The summed E-state index contributed by atoms with van der Waals surface area (Å²) in [6.45, 7) is 4.19. The Hall–Kier alpha value is -0.910. The van der Waals surface area contributed by atoms with Crippen LogP contribution in [0.3, 0.4) is 0 Å². The number of rotatable bonds is 28. The van der Waals surface area contributed by atoms with Crippen molar-refractivity contribution in [2.24, 2.45) is 0 Å². The summed E-state index contributed by atoms with van der Waals surface area (Å²) < 4.78 is 11.3. The molecule has 0 saturated carbocycles. The Morgan fingerprint density at radius 1 is 0.643 bits per heavy atom. The SMILES string of the molecule is CCCCCCCCCCCCCC[C@H](O)[C@H]1CC[C@@H]([C@H](O)CCCCCCCCCCCCC2=C[C@@H](C)OC2=O)O1. The molecule has 0 aromatic rings. The minimum atomic E-state index is -0.390. The molecule has 0 aliphatic carbocycles. The van der Waals surface area contributed by atoms with Gasteiger partial charge in [-0.2, -0.15) is 0 Å². The van der Waals surface area contributed by atoms with Crippen LogP contribution in [0, 0.1) is 0 Å². The van der Waals surface area contributed by atoms with Crippen molar-refractivity contribution in [3.8, 4) is 0 Å². The van der Waals surface area contributed by atoms with E-state index in [1.807, 2.05) is 13.0 Å². The first-order valence-corrected chi connectivity index (χ1v) is 18.4. The van der Waals surface area contributed by atoms with E-state index < -0.39 is 0 Å². The Kier molecular flexibility index (Phi) is 21.7. The summed E-state index contributed by atoms with van der Waals surface area (Å²) in [5.41, 5.74) is 0.870. The lowest BCUT2D eigenvalue weighted by Crippen LogP contribution is -2.31. The molecule has 2 aliphatic heterocycles. The molecule has 2 aliphatic rings. The number of unbranched alkanes of at least 4 members (excludes halogenated alkanes) is 20. The molecular weight excluding hydrogens is 524 g/mol. The zero-order valence-electron chi connectivity index (χ0n) is 27.7. The van der Waals surface area contributed by atoms with Crippen molar-refractivity contribution in [3.63, 3.8) is 0 Å². The third-order valence-corrected chi connectivity index (χ3v) is 9.48. The number of hydrogen-bond donors (Lipinski definition) is 2. The zero-order valence-corrected chi connectivity index (χ0v) is 27.7. The molecule has 42 heavy (non-hydrogen) atoms. The van der Waals surface area contributed by atoms with E-state index in [1.165, 1.54) is 122 Å². The van der Waals surface area contributed by atoms with Gasteiger partial charge in [0.25, 0.3) is 0 Å². The van der Waals surface area contributed by atoms with Crippen molar-refractivity contribution >= 4 is 5.97 Å². The van der Waals surface area contributed by atoms with Gasteiger partial charge >= 0.3 is 5.97 Å². The summed E-state index contributed by atoms with van der Waals surface area (Å²) in [4.78, 5) is 11.6. The first kappa shape index (κ1) is 37.3. The normalized spacial score (nSPS) is 22.0. The van der Waals surface area contributed by atoms with E-state index in [0.717, 1.165) is 56.9 Å². The minimum absolute atomic E-state index is 0.0446. The molecule has 0 aromatic carbocycles. The Morgan fingerprint density at radius 3 is 1.40 bits per heavy atom. The van der Waals surface area contributed by atoms with E-state index in [-0.39, 0.29) is 36.5 Å². The molecule has 0 spiro atoms. The lowest BCUT2D eigenvalue weighted by atomic mass is 10.00. The van der Waals surface area contributed by atoms with E-state index in [0.29, 0.717) is 0 Å². The average Bonchev–Trinajstić information content (AvgIpc) is 3.60. The highest BCUT2D eigenvalue weighted by molar-refractivity contribution is 5.90.